The van der Waals surface area contributed by atoms with Gasteiger partial charge in [0.05, 0.1) is 12.2 Å². The molecular formula is C12H15F3N2O. The van der Waals surface area contributed by atoms with Gasteiger partial charge in [-0.05, 0) is 24.1 Å². The van der Waals surface area contributed by atoms with Gasteiger partial charge in [-0.2, -0.15) is 13.2 Å². The summed E-state index contributed by atoms with van der Waals surface area (Å²) in [4.78, 5) is 1.96. The Bertz CT molecular complexity index is 434. The van der Waals surface area contributed by atoms with Gasteiger partial charge in [-0.1, -0.05) is 6.07 Å². The second-order valence-electron chi connectivity index (χ2n) is 4.42. The van der Waals surface area contributed by atoms with Gasteiger partial charge in [0, 0.05) is 7.05 Å². The molecule has 2 N–H and O–H groups in total. The van der Waals surface area contributed by atoms with Crippen molar-refractivity contribution >= 4 is 5.69 Å². The van der Waals surface area contributed by atoms with Crippen LogP contribution in [0.3, 0.4) is 0 Å². The number of nitrogens with two attached hydrogens (primary N) is 1. The minimum absolute atomic E-state index is 0.218. The fourth-order valence-corrected chi connectivity index (χ4v) is 1.89. The first kappa shape index (κ1) is 13.0. The zero-order chi connectivity index (χ0) is 13.3. The van der Waals surface area contributed by atoms with Crippen molar-refractivity contribution in [3.63, 3.8) is 0 Å². The average Bonchev–Trinajstić information content (AvgIpc) is 2.29. The van der Waals surface area contributed by atoms with E-state index in [4.69, 9.17) is 10.5 Å². The third-order valence-corrected chi connectivity index (χ3v) is 2.99. The Morgan fingerprint density at radius 1 is 1.44 bits per heavy atom. The average molecular weight is 260 g/mol. The second kappa shape index (κ2) is 4.68. The van der Waals surface area contributed by atoms with Crippen molar-refractivity contribution in [3.05, 3.63) is 23.8 Å². The fraction of sp³-hybridized carbons (Fsp3) is 0.500. The van der Waals surface area contributed by atoms with Gasteiger partial charge in [0.2, 0.25) is 0 Å². The van der Waals surface area contributed by atoms with Crippen LogP contribution < -0.4 is 15.4 Å². The summed E-state index contributed by atoms with van der Waals surface area (Å²) >= 11 is 0. The van der Waals surface area contributed by atoms with Gasteiger partial charge in [0.1, 0.15) is 18.4 Å². The van der Waals surface area contributed by atoms with Crippen LogP contribution in [0.15, 0.2) is 18.2 Å². The molecule has 2 rings (SSSR count). The molecule has 6 heteroatoms. The van der Waals surface area contributed by atoms with Crippen molar-refractivity contribution in [2.45, 2.75) is 18.6 Å². The first-order valence-corrected chi connectivity index (χ1v) is 5.67. The van der Waals surface area contributed by atoms with Crippen molar-refractivity contribution < 1.29 is 17.9 Å². The van der Waals surface area contributed by atoms with Crippen LogP contribution in [0, 0.1) is 0 Å². The lowest BCUT2D eigenvalue weighted by atomic mass is 10.0. The topological polar surface area (TPSA) is 38.5 Å². The molecule has 3 nitrogen and oxygen atoms in total. The smallest absolute Gasteiger partial charge is 0.403 e. The molecule has 0 bridgehead atoms. The number of benzene rings is 1. The van der Waals surface area contributed by atoms with Crippen LogP contribution >= 0.6 is 0 Å². The minimum Gasteiger partial charge on any atom is -0.490 e. The number of halogens is 3. The highest BCUT2D eigenvalue weighted by atomic mass is 19.4. The molecule has 0 amide bonds. The lowest BCUT2D eigenvalue weighted by Crippen LogP contribution is -2.39. The quantitative estimate of drug-likeness (QED) is 0.883. The molecule has 0 fully saturated rings. The van der Waals surface area contributed by atoms with Gasteiger partial charge in [-0.15, -0.1) is 0 Å². The molecule has 0 aromatic heterocycles. The molecule has 18 heavy (non-hydrogen) atoms. The van der Waals surface area contributed by atoms with Gasteiger partial charge in [0.15, 0.2) is 0 Å². The summed E-state index contributed by atoms with van der Waals surface area (Å²) in [6, 6.07) is 3.21. The molecule has 0 saturated heterocycles. The molecule has 0 saturated carbocycles. The highest BCUT2D eigenvalue weighted by Gasteiger charge is 2.36. The first-order chi connectivity index (χ1) is 8.38. The van der Waals surface area contributed by atoms with Crippen molar-refractivity contribution in [2.24, 2.45) is 5.73 Å². The largest absolute Gasteiger partial charge is 0.490 e. The summed E-state index contributed by atoms with van der Waals surface area (Å²) < 4.78 is 42.6. The lowest BCUT2D eigenvalue weighted by Gasteiger charge is -2.28. The van der Waals surface area contributed by atoms with Crippen LogP contribution in [0.5, 0.6) is 5.75 Å². The summed E-state index contributed by atoms with van der Waals surface area (Å²) in [6.45, 7) is 1.31. The molecule has 1 atom stereocenters. The van der Waals surface area contributed by atoms with Gasteiger partial charge in [-0.3, -0.25) is 0 Å². The number of likely N-dealkylation sites (N-methyl/N-ethyl adjacent to an activating group) is 1. The van der Waals surface area contributed by atoms with E-state index in [1.165, 1.54) is 0 Å². The maximum absolute atomic E-state index is 12.4. The van der Waals surface area contributed by atoms with Crippen LogP contribution in [0.2, 0.25) is 0 Å². The van der Waals surface area contributed by atoms with E-state index in [-0.39, 0.29) is 6.42 Å². The van der Waals surface area contributed by atoms with Crippen LogP contribution in [-0.4, -0.2) is 32.4 Å². The number of rotatable bonds is 2. The first-order valence-electron chi connectivity index (χ1n) is 5.67. The van der Waals surface area contributed by atoms with Crippen LogP contribution in [0.4, 0.5) is 18.9 Å². The third kappa shape index (κ3) is 2.69. The maximum atomic E-state index is 12.4. The van der Waals surface area contributed by atoms with Crippen LogP contribution in [-0.2, 0) is 6.42 Å². The predicted molar refractivity (Wildman–Crippen MR) is 62.9 cm³/mol. The molecule has 1 unspecified atom stereocenters. The zero-order valence-electron chi connectivity index (χ0n) is 10.00. The molecular weight excluding hydrogens is 245 g/mol. The number of fused-ring (bicyclic) bond motifs is 1. The Hall–Kier alpha value is -1.43. The number of hydrogen-bond donors (Lipinski definition) is 1. The normalized spacial score (nSPS) is 17.1. The van der Waals surface area contributed by atoms with Crippen LogP contribution in [0.1, 0.15) is 5.56 Å². The zero-order valence-corrected chi connectivity index (χ0v) is 10.00. The minimum atomic E-state index is -4.36. The van der Waals surface area contributed by atoms with E-state index >= 15 is 0 Å². The number of alkyl halides is 3. The Kier molecular flexibility index (Phi) is 3.38. The molecule has 1 aromatic carbocycles. The van der Waals surface area contributed by atoms with E-state index in [0.29, 0.717) is 17.9 Å². The number of hydrogen-bond acceptors (Lipinski definition) is 3. The van der Waals surface area contributed by atoms with Crippen molar-refractivity contribution in [1.82, 2.24) is 0 Å². The predicted octanol–water partition coefficient (Wildman–Crippen LogP) is 1.95. The summed E-state index contributed by atoms with van der Waals surface area (Å²) in [5.74, 6) is 0.702. The van der Waals surface area contributed by atoms with E-state index in [1.54, 1.807) is 18.2 Å². The molecule has 1 aromatic rings. The van der Waals surface area contributed by atoms with Gasteiger partial charge < -0.3 is 15.4 Å². The lowest BCUT2D eigenvalue weighted by molar-refractivity contribution is -0.147. The Balaban J connectivity index is 2.18. The SMILES string of the molecule is CN1CCOc2ccc(CC(N)C(F)(F)F)cc21. The van der Waals surface area contributed by atoms with Crippen molar-refractivity contribution in [2.75, 3.05) is 25.1 Å². The van der Waals surface area contributed by atoms with Crippen molar-refractivity contribution in [3.8, 4) is 5.75 Å². The Labute approximate surface area is 103 Å². The van der Waals surface area contributed by atoms with E-state index in [9.17, 15) is 13.2 Å². The maximum Gasteiger partial charge on any atom is 0.403 e. The summed E-state index contributed by atoms with van der Waals surface area (Å²) in [5, 5.41) is 0. The molecule has 0 aliphatic carbocycles. The summed E-state index contributed by atoms with van der Waals surface area (Å²) in [6.07, 6.45) is -4.58. The number of ether oxygens (including phenoxy) is 1. The standard InChI is InChI=1S/C12H15F3N2O/c1-17-4-5-18-10-3-2-8(6-9(10)17)7-11(16)12(13,14)15/h2-3,6,11H,4-5,7,16H2,1H3. The molecule has 100 valence electrons. The molecule has 1 heterocycles. The number of anilines is 1. The van der Waals surface area contributed by atoms with E-state index in [1.807, 2.05) is 11.9 Å². The van der Waals surface area contributed by atoms with Crippen molar-refractivity contribution in [1.29, 1.82) is 0 Å². The van der Waals surface area contributed by atoms with E-state index < -0.39 is 12.2 Å². The molecule has 0 radical (unpaired) electrons. The van der Waals surface area contributed by atoms with Gasteiger partial charge in [-0.25, -0.2) is 0 Å². The van der Waals surface area contributed by atoms with Gasteiger partial charge in [0.25, 0.3) is 0 Å². The Morgan fingerprint density at radius 2 is 2.17 bits per heavy atom. The molecule has 1 aliphatic heterocycles. The second-order valence-corrected chi connectivity index (χ2v) is 4.42. The number of nitrogens with zero attached hydrogens (tertiary/aromatic N) is 1. The monoisotopic (exact) mass is 260 g/mol. The summed E-state index contributed by atoms with van der Waals surface area (Å²) in [7, 11) is 1.88. The molecule has 0 spiro atoms. The van der Waals surface area contributed by atoms with E-state index in [2.05, 4.69) is 0 Å². The summed E-state index contributed by atoms with van der Waals surface area (Å²) in [5.41, 5.74) is 6.50. The highest BCUT2D eigenvalue weighted by Crippen LogP contribution is 2.32. The fourth-order valence-electron chi connectivity index (χ4n) is 1.89. The van der Waals surface area contributed by atoms with E-state index in [0.717, 1.165) is 12.2 Å². The highest BCUT2D eigenvalue weighted by molar-refractivity contribution is 5.61. The van der Waals surface area contributed by atoms with Crippen LogP contribution in [0.25, 0.3) is 0 Å². The van der Waals surface area contributed by atoms with Gasteiger partial charge >= 0.3 is 6.18 Å². The molecule has 1 aliphatic rings. The Morgan fingerprint density at radius 3 is 2.83 bits per heavy atom. The third-order valence-electron chi connectivity index (χ3n) is 2.99.